The van der Waals surface area contributed by atoms with Crippen molar-refractivity contribution in [3.05, 3.63) is 11.6 Å². The van der Waals surface area contributed by atoms with Crippen molar-refractivity contribution < 1.29 is 19.7 Å². The third-order valence-corrected chi connectivity index (χ3v) is 11.1. The molecular formula is C26H40O4. The summed E-state index contributed by atoms with van der Waals surface area (Å²) >= 11 is 0. The SMILES string of the molecule is CC1C2C(CC3C4CC=C5CC(O)CCC5(C)C4CC(O)C32C)OC12CCCCO2. The Bertz CT molecular complexity index is 741. The lowest BCUT2D eigenvalue weighted by atomic mass is 9.46. The Morgan fingerprint density at radius 2 is 1.90 bits per heavy atom. The van der Waals surface area contributed by atoms with Gasteiger partial charge in [-0.3, -0.25) is 0 Å². The van der Waals surface area contributed by atoms with Crippen LogP contribution in [-0.4, -0.2) is 40.9 Å². The molecule has 6 aliphatic rings. The van der Waals surface area contributed by atoms with Crippen molar-refractivity contribution in [2.45, 2.75) is 103 Å². The summed E-state index contributed by atoms with van der Waals surface area (Å²) in [5, 5.41) is 22.0. The van der Waals surface area contributed by atoms with Gasteiger partial charge in [-0.2, -0.15) is 0 Å². The van der Waals surface area contributed by atoms with Gasteiger partial charge in [0, 0.05) is 23.7 Å². The van der Waals surface area contributed by atoms with Crippen molar-refractivity contribution in [3.8, 4) is 0 Å². The number of rotatable bonds is 0. The Labute approximate surface area is 181 Å². The molecule has 11 unspecified atom stereocenters. The highest BCUT2D eigenvalue weighted by Crippen LogP contribution is 2.70. The fraction of sp³-hybridized carbons (Fsp3) is 0.923. The number of hydrogen-bond donors (Lipinski definition) is 2. The molecular weight excluding hydrogens is 376 g/mol. The van der Waals surface area contributed by atoms with Gasteiger partial charge in [0.2, 0.25) is 0 Å². The van der Waals surface area contributed by atoms with Crippen LogP contribution in [0, 0.1) is 40.4 Å². The molecule has 2 N–H and O–H groups in total. The van der Waals surface area contributed by atoms with E-state index in [-0.39, 0.29) is 29.1 Å². The summed E-state index contributed by atoms with van der Waals surface area (Å²) in [5.41, 5.74) is 1.55. The van der Waals surface area contributed by atoms with Crippen molar-refractivity contribution in [2.75, 3.05) is 6.61 Å². The van der Waals surface area contributed by atoms with Gasteiger partial charge in [0.15, 0.2) is 5.79 Å². The topological polar surface area (TPSA) is 58.9 Å². The van der Waals surface area contributed by atoms with Gasteiger partial charge in [-0.25, -0.2) is 0 Å². The largest absolute Gasteiger partial charge is 0.393 e. The molecule has 4 aliphatic carbocycles. The molecule has 5 fully saturated rings. The Hall–Kier alpha value is -0.420. The first-order valence-electron chi connectivity index (χ1n) is 12.7. The maximum atomic E-state index is 11.7. The molecule has 0 radical (unpaired) electrons. The van der Waals surface area contributed by atoms with E-state index in [2.05, 4.69) is 26.8 Å². The van der Waals surface area contributed by atoms with Crippen LogP contribution >= 0.6 is 0 Å². The van der Waals surface area contributed by atoms with Crippen molar-refractivity contribution in [3.63, 3.8) is 0 Å². The number of ether oxygens (including phenoxy) is 2. The summed E-state index contributed by atoms with van der Waals surface area (Å²) < 4.78 is 13.1. The first-order valence-corrected chi connectivity index (χ1v) is 12.7. The molecule has 6 rings (SSSR count). The van der Waals surface area contributed by atoms with Gasteiger partial charge in [-0.15, -0.1) is 0 Å². The van der Waals surface area contributed by atoms with Crippen LogP contribution in [0.5, 0.6) is 0 Å². The summed E-state index contributed by atoms with van der Waals surface area (Å²) in [5.74, 6) is 2.02. The Kier molecular flexibility index (Phi) is 4.42. The number of fused-ring (bicyclic) bond motifs is 7. The van der Waals surface area contributed by atoms with E-state index in [0.717, 1.165) is 58.0 Å². The average Bonchev–Trinajstić information content (AvgIpc) is 3.16. The van der Waals surface area contributed by atoms with Gasteiger partial charge < -0.3 is 19.7 Å². The lowest BCUT2D eigenvalue weighted by molar-refractivity contribution is -0.266. The quantitative estimate of drug-likeness (QED) is 0.573. The molecule has 0 aromatic rings. The second-order valence-electron chi connectivity index (χ2n) is 12.1. The molecule has 0 bridgehead atoms. The molecule has 4 heteroatoms. The van der Waals surface area contributed by atoms with E-state index >= 15 is 0 Å². The van der Waals surface area contributed by atoms with Crippen molar-refractivity contribution in [2.24, 2.45) is 40.4 Å². The van der Waals surface area contributed by atoms with Gasteiger partial charge in [-0.1, -0.05) is 32.4 Å². The van der Waals surface area contributed by atoms with Gasteiger partial charge in [-0.05, 0) is 74.5 Å². The summed E-state index contributed by atoms with van der Waals surface area (Å²) in [6, 6.07) is 0. The second-order valence-corrected chi connectivity index (χ2v) is 12.1. The minimum Gasteiger partial charge on any atom is -0.393 e. The van der Waals surface area contributed by atoms with E-state index in [1.807, 2.05) is 0 Å². The van der Waals surface area contributed by atoms with Crippen LogP contribution in [0.1, 0.15) is 78.6 Å². The molecule has 0 amide bonds. The third kappa shape index (κ3) is 2.43. The van der Waals surface area contributed by atoms with Crippen LogP contribution in [0.2, 0.25) is 0 Å². The Balaban J connectivity index is 1.34. The summed E-state index contributed by atoms with van der Waals surface area (Å²) in [6.07, 6.45) is 11.5. The van der Waals surface area contributed by atoms with Gasteiger partial charge in [0.1, 0.15) is 0 Å². The van der Waals surface area contributed by atoms with Crippen LogP contribution in [0.4, 0.5) is 0 Å². The lowest BCUT2D eigenvalue weighted by Crippen LogP contribution is -2.57. The highest BCUT2D eigenvalue weighted by molar-refractivity contribution is 5.27. The summed E-state index contributed by atoms with van der Waals surface area (Å²) in [6.45, 7) is 7.97. The summed E-state index contributed by atoms with van der Waals surface area (Å²) in [7, 11) is 0. The van der Waals surface area contributed by atoms with Crippen LogP contribution in [-0.2, 0) is 9.47 Å². The standard InChI is InChI=1S/C26H40O4/c1-15-23-21(30-26(15)9-4-5-11-29-26)13-20-18-7-6-16-12-17(27)8-10-24(16,2)19(18)14-22(28)25(20,23)3/h6,15,17-23,27-28H,4-5,7-14H2,1-3H3. The average molecular weight is 417 g/mol. The molecule has 168 valence electrons. The maximum absolute atomic E-state index is 11.7. The summed E-state index contributed by atoms with van der Waals surface area (Å²) in [4.78, 5) is 0. The molecule has 2 saturated heterocycles. The predicted molar refractivity (Wildman–Crippen MR) is 115 cm³/mol. The van der Waals surface area contributed by atoms with E-state index < -0.39 is 5.79 Å². The molecule has 2 heterocycles. The highest BCUT2D eigenvalue weighted by atomic mass is 16.7. The molecule has 3 saturated carbocycles. The highest BCUT2D eigenvalue weighted by Gasteiger charge is 2.70. The van der Waals surface area contributed by atoms with Crippen molar-refractivity contribution in [1.29, 1.82) is 0 Å². The van der Waals surface area contributed by atoms with E-state index in [1.54, 1.807) is 0 Å². The van der Waals surface area contributed by atoms with E-state index in [1.165, 1.54) is 12.0 Å². The maximum Gasteiger partial charge on any atom is 0.171 e. The Morgan fingerprint density at radius 3 is 2.67 bits per heavy atom. The smallest absolute Gasteiger partial charge is 0.171 e. The zero-order valence-corrected chi connectivity index (χ0v) is 19.0. The molecule has 11 atom stereocenters. The molecule has 0 aromatic heterocycles. The van der Waals surface area contributed by atoms with Gasteiger partial charge in [0.25, 0.3) is 0 Å². The molecule has 1 spiro atoms. The Morgan fingerprint density at radius 1 is 1.07 bits per heavy atom. The molecule has 2 aliphatic heterocycles. The van der Waals surface area contributed by atoms with Crippen LogP contribution in [0.15, 0.2) is 11.6 Å². The molecule has 0 aromatic carbocycles. The van der Waals surface area contributed by atoms with E-state index in [4.69, 9.17) is 9.47 Å². The van der Waals surface area contributed by atoms with E-state index in [9.17, 15) is 10.2 Å². The van der Waals surface area contributed by atoms with Crippen LogP contribution in [0.3, 0.4) is 0 Å². The number of aliphatic hydroxyl groups is 2. The zero-order valence-electron chi connectivity index (χ0n) is 19.0. The van der Waals surface area contributed by atoms with Gasteiger partial charge in [0.05, 0.1) is 24.9 Å². The van der Waals surface area contributed by atoms with Crippen molar-refractivity contribution >= 4 is 0 Å². The first kappa shape index (κ1) is 20.2. The minimum atomic E-state index is -0.400. The van der Waals surface area contributed by atoms with Crippen molar-refractivity contribution in [1.82, 2.24) is 0 Å². The first-order chi connectivity index (χ1) is 14.3. The van der Waals surface area contributed by atoms with Crippen LogP contribution in [0.25, 0.3) is 0 Å². The van der Waals surface area contributed by atoms with Gasteiger partial charge >= 0.3 is 0 Å². The lowest BCUT2D eigenvalue weighted by Gasteiger charge is -2.60. The third-order valence-electron chi connectivity index (χ3n) is 11.1. The molecule has 30 heavy (non-hydrogen) atoms. The predicted octanol–water partition coefficient (Wildman–Crippen LogP) is 4.44. The molecule has 4 nitrogen and oxygen atoms in total. The minimum absolute atomic E-state index is 0.0779. The monoisotopic (exact) mass is 416 g/mol. The van der Waals surface area contributed by atoms with E-state index in [0.29, 0.717) is 29.6 Å². The zero-order chi connectivity index (χ0) is 20.9. The second kappa shape index (κ2) is 6.56. The normalized spacial score (nSPS) is 59.8. The number of aliphatic hydroxyl groups excluding tert-OH is 2. The fourth-order valence-electron chi connectivity index (χ4n) is 9.51. The number of hydrogen-bond acceptors (Lipinski definition) is 4. The fourth-order valence-corrected chi connectivity index (χ4v) is 9.51. The van der Waals surface area contributed by atoms with Crippen LogP contribution < -0.4 is 0 Å². The number of allylic oxidation sites excluding steroid dienone is 1.